The van der Waals surface area contributed by atoms with E-state index in [1.807, 2.05) is 13.8 Å². The molecule has 0 saturated heterocycles. The van der Waals surface area contributed by atoms with E-state index in [4.69, 9.17) is 0 Å². The quantitative estimate of drug-likeness (QED) is 0.721. The van der Waals surface area contributed by atoms with Crippen molar-refractivity contribution in [3.8, 4) is 0 Å². The first kappa shape index (κ1) is 18.4. The molecule has 5 heteroatoms. The summed E-state index contributed by atoms with van der Waals surface area (Å²) in [4.78, 5) is 26.7. The molecule has 22 heavy (non-hydrogen) atoms. The Kier molecular flexibility index (Phi) is 6.35. The second kappa shape index (κ2) is 7.58. The maximum Gasteiger partial charge on any atom is 0.251 e. The van der Waals surface area contributed by atoms with Crippen molar-refractivity contribution in [2.75, 3.05) is 6.54 Å². The topological polar surface area (TPSA) is 82.2 Å². The smallest absolute Gasteiger partial charge is 0.251 e. The Morgan fingerprint density at radius 3 is 2.50 bits per heavy atom. The van der Waals surface area contributed by atoms with Crippen molar-refractivity contribution >= 4 is 5.91 Å². The minimum Gasteiger partial charge on any atom is -0.393 e. The highest BCUT2D eigenvalue weighted by atomic mass is 16.3. The predicted molar refractivity (Wildman–Crippen MR) is 88.0 cm³/mol. The van der Waals surface area contributed by atoms with Gasteiger partial charge in [0.25, 0.3) is 5.91 Å². The van der Waals surface area contributed by atoms with Crippen molar-refractivity contribution in [3.63, 3.8) is 0 Å². The lowest BCUT2D eigenvalue weighted by Gasteiger charge is -2.26. The number of aliphatic hydroxyl groups excluding tert-OH is 1. The minimum absolute atomic E-state index is 0.203. The molecule has 1 unspecified atom stereocenters. The van der Waals surface area contributed by atoms with Crippen molar-refractivity contribution in [1.82, 2.24) is 10.3 Å². The molecular formula is C17H28N2O3. The second-order valence-corrected chi connectivity index (χ2v) is 7.26. The van der Waals surface area contributed by atoms with Crippen LogP contribution in [0.1, 0.15) is 57.1 Å². The summed E-state index contributed by atoms with van der Waals surface area (Å²) in [6.45, 7) is 10.3. The number of amides is 1. The van der Waals surface area contributed by atoms with Crippen LogP contribution in [0.25, 0.3) is 0 Å². The number of pyridine rings is 1. The van der Waals surface area contributed by atoms with Gasteiger partial charge in [0, 0.05) is 23.9 Å². The van der Waals surface area contributed by atoms with Crippen molar-refractivity contribution in [3.05, 3.63) is 33.7 Å². The van der Waals surface area contributed by atoms with Gasteiger partial charge in [-0.2, -0.15) is 0 Å². The zero-order chi connectivity index (χ0) is 16.9. The van der Waals surface area contributed by atoms with Gasteiger partial charge in [0.15, 0.2) is 0 Å². The average Bonchev–Trinajstić information content (AvgIpc) is 2.32. The predicted octanol–water partition coefficient (Wildman–Crippen LogP) is 2.10. The fourth-order valence-corrected chi connectivity index (χ4v) is 2.58. The number of H-pyrrole nitrogens is 1. The molecule has 1 amide bonds. The molecule has 1 atom stereocenters. The largest absolute Gasteiger partial charge is 0.393 e. The van der Waals surface area contributed by atoms with Crippen LogP contribution in [0.2, 0.25) is 0 Å². The molecule has 0 aliphatic carbocycles. The Morgan fingerprint density at radius 2 is 1.95 bits per heavy atom. The van der Waals surface area contributed by atoms with E-state index in [1.165, 1.54) is 6.07 Å². The third kappa shape index (κ3) is 6.43. The van der Waals surface area contributed by atoms with E-state index in [1.54, 1.807) is 13.0 Å². The van der Waals surface area contributed by atoms with E-state index in [0.717, 1.165) is 12.1 Å². The lowest BCUT2D eigenvalue weighted by atomic mass is 9.87. The Balaban J connectivity index is 2.77. The van der Waals surface area contributed by atoms with E-state index in [2.05, 4.69) is 24.1 Å². The number of rotatable bonds is 7. The lowest BCUT2D eigenvalue weighted by Crippen LogP contribution is -2.36. The van der Waals surface area contributed by atoms with E-state index >= 15 is 0 Å². The molecule has 1 rings (SSSR count). The van der Waals surface area contributed by atoms with Gasteiger partial charge >= 0.3 is 0 Å². The van der Waals surface area contributed by atoms with Crippen LogP contribution >= 0.6 is 0 Å². The fraction of sp³-hybridized carbons (Fsp3) is 0.647. The standard InChI is InChI=1S/C17H28N2O3/c1-11(2)6-14-7-13(8-15(21)19-14)16(22)18-10-17(4,5)9-12(3)20/h7-8,11-12,20H,6,9-10H2,1-5H3,(H,18,22)(H,19,21). The molecule has 1 aromatic rings. The molecule has 0 aromatic carbocycles. The van der Waals surface area contributed by atoms with Gasteiger partial charge in [0.1, 0.15) is 0 Å². The molecule has 0 aliphatic rings. The maximum atomic E-state index is 12.2. The van der Waals surface area contributed by atoms with Gasteiger partial charge in [-0.1, -0.05) is 27.7 Å². The Hall–Kier alpha value is -1.62. The van der Waals surface area contributed by atoms with E-state index in [0.29, 0.717) is 24.4 Å². The molecule has 3 N–H and O–H groups in total. The first-order chi connectivity index (χ1) is 10.1. The fourth-order valence-electron chi connectivity index (χ4n) is 2.58. The van der Waals surface area contributed by atoms with Crippen molar-refractivity contribution < 1.29 is 9.90 Å². The van der Waals surface area contributed by atoms with Crippen molar-refractivity contribution in [2.24, 2.45) is 11.3 Å². The van der Waals surface area contributed by atoms with Crippen LogP contribution in [0.15, 0.2) is 16.9 Å². The second-order valence-electron chi connectivity index (χ2n) is 7.26. The summed E-state index contributed by atoms with van der Waals surface area (Å²) in [5, 5.41) is 12.3. The van der Waals surface area contributed by atoms with Gasteiger partial charge in [0.2, 0.25) is 5.56 Å². The maximum absolute atomic E-state index is 12.2. The molecule has 0 aliphatic heterocycles. The Morgan fingerprint density at radius 1 is 1.32 bits per heavy atom. The Bertz CT molecular complexity index is 559. The summed E-state index contributed by atoms with van der Waals surface area (Å²) in [5.74, 6) is 0.147. The molecule has 0 radical (unpaired) electrons. The number of carbonyl (C=O) groups excluding carboxylic acids is 1. The average molecular weight is 308 g/mol. The van der Waals surface area contributed by atoms with Gasteiger partial charge in [-0.05, 0) is 37.2 Å². The molecular weight excluding hydrogens is 280 g/mol. The monoisotopic (exact) mass is 308 g/mol. The minimum atomic E-state index is -0.413. The van der Waals surface area contributed by atoms with Crippen LogP contribution in [-0.4, -0.2) is 28.6 Å². The molecule has 0 saturated carbocycles. The van der Waals surface area contributed by atoms with Gasteiger partial charge in [0.05, 0.1) is 6.10 Å². The molecule has 0 spiro atoms. The third-order valence-electron chi connectivity index (χ3n) is 3.37. The number of aliphatic hydroxyl groups is 1. The van der Waals surface area contributed by atoms with Crippen molar-refractivity contribution in [2.45, 2.75) is 53.6 Å². The number of hydrogen-bond acceptors (Lipinski definition) is 3. The highest BCUT2D eigenvalue weighted by Crippen LogP contribution is 2.21. The van der Waals surface area contributed by atoms with Crippen LogP contribution in [0, 0.1) is 11.3 Å². The van der Waals surface area contributed by atoms with Gasteiger partial charge in [-0.3, -0.25) is 9.59 Å². The van der Waals surface area contributed by atoms with Gasteiger partial charge in [-0.15, -0.1) is 0 Å². The van der Waals surface area contributed by atoms with E-state index in [-0.39, 0.29) is 16.9 Å². The molecule has 1 aromatic heterocycles. The normalized spacial score (nSPS) is 13.2. The molecule has 0 bridgehead atoms. The van der Waals surface area contributed by atoms with Crippen molar-refractivity contribution in [1.29, 1.82) is 0 Å². The summed E-state index contributed by atoms with van der Waals surface area (Å²) in [6, 6.07) is 3.05. The van der Waals surface area contributed by atoms with Crippen LogP contribution in [0.3, 0.4) is 0 Å². The molecule has 1 heterocycles. The molecule has 124 valence electrons. The van der Waals surface area contributed by atoms with Crippen LogP contribution in [-0.2, 0) is 6.42 Å². The lowest BCUT2D eigenvalue weighted by molar-refractivity contribution is 0.0901. The first-order valence-electron chi connectivity index (χ1n) is 7.78. The Labute approximate surface area is 132 Å². The highest BCUT2D eigenvalue weighted by Gasteiger charge is 2.21. The summed E-state index contributed by atoms with van der Waals surface area (Å²) in [7, 11) is 0. The summed E-state index contributed by atoms with van der Waals surface area (Å²) in [5.41, 5.74) is 0.695. The SMILES string of the molecule is CC(C)Cc1cc(C(=O)NCC(C)(C)CC(C)O)cc(=O)[nH]1. The zero-order valence-corrected chi connectivity index (χ0v) is 14.2. The summed E-state index contributed by atoms with van der Waals surface area (Å²) < 4.78 is 0. The highest BCUT2D eigenvalue weighted by molar-refractivity contribution is 5.94. The summed E-state index contributed by atoms with van der Waals surface area (Å²) >= 11 is 0. The third-order valence-corrected chi connectivity index (χ3v) is 3.37. The van der Waals surface area contributed by atoms with E-state index in [9.17, 15) is 14.7 Å². The molecule has 5 nitrogen and oxygen atoms in total. The van der Waals surface area contributed by atoms with Gasteiger partial charge < -0.3 is 15.4 Å². The van der Waals surface area contributed by atoms with E-state index < -0.39 is 6.10 Å². The van der Waals surface area contributed by atoms with Crippen LogP contribution in [0.5, 0.6) is 0 Å². The molecule has 0 fully saturated rings. The zero-order valence-electron chi connectivity index (χ0n) is 14.2. The number of nitrogens with one attached hydrogen (secondary N) is 2. The number of aromatic amines is 1. The first-order valence-corrected chi connectivity index (χ1v) is 7.78. The van der Waals surface area contributed by atoms with Crippen LogP contribution in [0.4, 0.5) is 0 Å². The number of aromatic nitrogens is 1. The van der Waals surface area contributed by atoms with Gasteiger partial charge in [-0.25, -0.2) is 0 Å². The number of carbonyl (C=O) groups is 1. The van der Waals surface area contributed by atoms with Crippen LogP contribution < -0.4 is 10.9 Å². The summed E-state index contributed by atoms with van der Waals surface area (Å²) in [6.07, 6.45) is 0.912. The number of hydrogen-bond donors (Lipinski definition) is 3.